The third kappa shape index (κ3) is 2.33. The minimum absolute atomic E-state index is 0.168. The van der Waals surface area contributed by atoms with Gasteiger partial charge in [0.2, 0.25) is 0 Å². The van der Waals surface area contributed by atoms with Gasteiger partial charge >= 0.3 is 0 Å². The Morgan fingerprint density at radius 3 is 2.55 bits per heavy atom. The van der Waals surface area contributed by atoms with Gasteiger partial charge in [0, 0.05) is 0 Å². The Morgan fingerprint density at radius 2 is 2.18 bits per heavy atom. The van der Waals surface area contributed by atoms with E-state index in [-0.39, 0.29) is 5.60 Å². The summed E-state index contributed by atoms with van der Waals surface area (Å²) >= 11 is 0. The van der Waals surface area contributed by atoms with Crippen LogP contribution < -0.4 is 0 Å². The van der Waals surface area contributed by atoms with Crippen molar-refractivity contribution in [3.8, 4) is 0 Å². The Balaban J connectivity index is 2.10. The van der Waals surface area contributed by atoms with Crippen LogP contribution in [0.5, 0.6) is 0 Å². The van der Waals surface area contributed by atoms with Gasteiger partial charge < -0.3 is 4.74 Å². The van der Waals surface area contributed by atoms with Crippen molar-refractivity contribution in [3.63, 3.8) is 0 Å². The van der Waals surface area contributed by atoms with Crippen LogP contribution in [0.15, 0.2) is 12.7 Å². The maximum Gasteiger partial charge on any atom is 0.0892 e. The summed E-state index contributed by atoms with van der Waals surface area (Å²) in [5.41, 5.74) is 0.168. The van der Waals surface area contributed by atoms with Gasteiger partial charge in [0.1, 0.15) is 0 Å². The molecule has 0 aromatic heterocycles. The monoisotopic (exact) mass is 154 g/mol. The summed E-state index contributed by atoms with van der Waals surface area (Å²) in [6, 6.07) is 0. The molecule has 0 aromatic rings. The van der Waals surface area contributed by atoms with Crippen LogP contribution in [0, 0.1) is 5.92 Å². The summed E-state index contributed by atoms with van der Waals surface area (Å²) < 4.78 is 5.46. The van der Waals surface area contributed by atoms with E-state index >= 15 is 0 Å². The molecule has 1 heteroatoms. The van der Waals surface area contributed by atoms with Gasteiger partial charge in [0.15, 0.2) is 0 Å². The third-order valence-electron chi connectivity index (χ3n) is 2.45. The minimum atomic E-state index is 0.168. The quantitative estimate of drug-likeness (QED) is 0.448. The summed E-state index contributed by atoms with van der Waals surface area (Å²) in [4.78, 5) is 0. The summed E-state index contributed by atoms with van der Waals surface area (Å²) in [5.74, 6) is 0.634. The number of hydrogen-bond donors (Lipinski definition) is 0. The highest BCUT2D eigenvalue weighted by atomic mass is 16.6. The lowest BCUT2D eigenvalue weighted by Gasteiger charge is -2.02. The van der Waals surface area contributed by atoms with E-state index in [1.54, 1.807) is 0 Å². The molecule has 11 heavy (non-hydrogen) atoms. The lowest BCUT2D eigenvalue weighted by Crippen LogP contribution is -2.04. The molecule has 0 bridgehead atoms. The molecule has 0 unspecified atom stereocenters. The van der Waals surface area contributed by atoms with Gasteiger partial charge in [-0.3, -0.25) is 0 Å². The number of hydrogen-bond acceptors (Lipinski definition) is 1. The molecule has 0 radical (unpaired) electrons. The molecule has 1 aliphatic heterocycles. The highest BCUT2D eigenvalue weighted by Crippen LogP contribution is 2.38. The van der Waals surface area contributed by atoms with Crippen LogP contribution in [0.1, 0.15) is 33.6 Å². The molecule has 0 aliphatic carbocycles. The molecule has 0 aromatic carbocycles. The highest BCUT2D eigenvalue weighted by Gasteiger charge is 2.46. The first-order valence-corrected chi connectivity index (χ1v) is 4.36. The molecule has 1 saturated heterocycles. The standard InChI is InChI=1S/C10H18O/c1-5-8(2)6-7-9-10(3,4)11-9/h5,8-9H,1,6-7H2,2-4H3/t8-,9-/m0/s1. The predicted molar refractivity (Wildman–Crippen MR) is 47.5 cm³/mol. The second-order valence-electron chi connectivity index (χ2n) is 4.00. The van der Waals surface area contributed by atoms with Crippen molar-refractivity contribution in [1.29, 1.82) is 0 Å². The predicted octanol–water partition coefficient (Wildman–Crippen LogP) is 2.77. The van der Waals surface area contributed by atoms with Gasteiger partial charge in [0.25, 0.3) is 0 Å². The summed E-state index contributed by atoms with van der Waals surface area (Å²) in [7, 11) is 0. The Kier molecular flexibility index (Phi) is 2.38. The Hall–Kier alpha value is -0.300. The van der Waals surface area contributed by atoms with E-state index in [2.05, 4.69) is 27.4 Å². The van der Waals surface area contributed by atoms with E-state index in [4.69, 9.17) is 4.74 Å². The van der Waals surface area contributed by atoms with E-state index in [1.165, 1.54) is 12.8 Å². The van der Waals surface area contributed by atoms with Crippen LogP contribution in [-0.2, 0) is 4.74 Å². The lowest BCUT2D eigenvalue weighted by atomic mass is 10.00. The maximum absolute atomic E-state index is 5.46. The molecule has 1 heterocycles. The Bertz CT molecular complexity index is 149. The van der Waals surface area contributed by atoms with Crippen molar-refractivity contribution < 1.29 is 4.74 Å². The zero-order chi connectivity index (χ0) is 8.48. The zero-order valence-corrected chi connectivity index (χ0v) is 7.76. The van der Waals surface area contributed by atoms with E-state index in [1.807, 2.05) is 6.08 Å². The first kappa shape index (κ1) is 8.79. The van der Waals surface area contributed by atoms with Crippen molar-refractivity contribution in [3.05, 3.63) is 12.7 Å². The molecule has 1 rings (SSSR count). The molecular weight excluding hydrogens is 136 g/mol. The minimum Gasteiger partial charge on any atom is -0.367 e. The fourth-order valence-electron chi connectivity index (χ4n) is 1.27. The van der Waals surface area contributed by atoms with E-state index in [9.17, 15) is 0 Å². The molecule has 0 N–H and O–H groups in total. The van der Waals surface area contributed by atoms with Crippen molar-refractivity contribution in [2.45, 2.75) is 45.3 Å². The van der Waals surface area contributed by atoms with Crippen LogP contribution in [-0.4, -0.2) is 11.7 Å². The highest BCUT2D eigenvalue weighted by molar-refractivity contribution is 4.95. The molecule has 64 valence electrons. The van der Waals surface area contributed by atoms with Gasteiger partial charge in [-0.1, -0.05) is 13.0 Å². The fourth-order valence-corrected chi connectivity index (χ4v) is 1.27. The van der Waals surface area contributed by atoms with Gasteiger partial charge in [-0.25, -0.2) is 0 Å². The molecule has 1 aliphatic rings. The number of ether oxygens (including phenoxy) is 1. The molecule has 1 nitrogen and oxygen atoms in total. The van der Waals surface area contributed by atoms with Crippen molar-refractivity contribution >= 4 is 0 Å². The maximum atomic E-state index is 5.46. The van der Waals surface area contributed by atoms with Crippen LogP contribution >= 0.6 is 0 Å². The topological polar surface area (TPSA) is 12.5 Å². The number of epoxide rings is 1. The largest absolute Gasteiger partial charge is 0.367 e. The second-order valence-corrected chi connectivity index (χ2v) is 4.00. The van der Waals surface area contributed by atoms with Crippen molar-refractivity contribution in [2.24, 2.45) is 5.92 Å². The molecule has 2 atom stereocenters. The number of rotatable bonds is 4. The first-order chi connectivity index (χ1) is 5.06. The van der Waals surface area contributed by atoms with Gasteiger partial charge in [-0.05, 0) is 32.6 Å². The Labute approximate surface area is 69.4 Å². The number of allylic oxidation sites excluding steroid dienone is 1. The first-order valence-electron chi connectivity index (χ1n) is 4.36. The molecule has 0 amide bonds. The Morgan fingerprint density at radius 1 is 1.64 bits per heavy atom. The van der Waals surface area contributed by atoms with E-state index < -0.39 is 0 Å². The van der Waals surface area contributed by atoms with Crippen LogP contribution in [0.25, 0.3) is 0 Å². The van der Waals surface area contributed by atoms with Gasteiger partial charge in [-0.2, -0.15) is 0 Å². The summed E-state index contributed by atoms with van der Waals surface area (Å²) in [5, 5.41) is 0. The van der Waals surface area contributed by atoms with Gasteiger partial charge in [-0.15, -0.1) is 6.58 Å². The van der Waals surface area contributed by atoms with Crippen molar-refractivity contribution in [1.82, 2.24) is 0 Å². The average molecular weight is 154 g/mol. The molecule has 0 spiro atoms. The molecule has 1 fully saturated rings. The zero-order valence-electron chi connectivity index (χ0n) is 7.76. The fraction of sp³-hybridized carbons (Fsp3) is 0.800. The van der Waals surface area contributed by atoms with E-state index in [0.717, 1.165) is 0 Å². The van der Waals surface area contributed by atoms with Crippen LogP contribution in [0.4, 0.5) is 0 Å². The smallest absolute Gasteiger partial charge is 0.0892 e. The molecule has 0 saturated carbocycles. The van der Waals surface area contributed by atoms with E-state index in [0.29, 0.717) is 12.0 Å². The van der Waals surface area contributed by atoms with Crippen molar-refractivity contribution in [2.75, 3.05) is 0 Å². The SMILES string of the molecule is C=C[C@H](C)CC[C@@H]1OC1(C)C. The van der Waals surface area contributed by atoms with Gasteiger partial charge in [0.05, 0.1) is 11.7 Å². The third-order valence-corrected chi connectivity index (χ3v) is 2.45. The van der Waals surface area contributed by atoms with Crippen LogP contribution in [0.2, 0.25) is 0 Å². The second kappa shape index (κ2) is 2.98. The normalized spacial score (nSPS) is 29.5. The lowest BCUT2D eigenvalue weighted by molar-refractivity contribution is 0.316. The summed E-state index contributed by atoms with van der Waals surface area (Å²) in [6.07, 6.45) is 4.90. The summed E-state index contributed by atoms with van der Waals surface area (Å²) in [6.45, 7) is 10.2. The van der Waals surface area contributed by atoms with Crippen LogP contribution in [0.3, 0.4) is 0 Å². The molecular formula is C10H18O. The average Bonchev–Trinajstić information content (AvgIpc) is 2.54.